The number of anilines is 1. The molecule has 0 aliphatic rings. The lowest BCUT2D eigenvalue weighted by molar-refractivity contribution is -0.117. The molecule has 0 saturated heterocycles. The highest BCUT2D eigenvalue weighted by Gasteiger charge is 2.09. The number of aryl methyl sites for hydroxylation is 1. The number of hydrogen-bond donors (Lipinski definition) is 1. The fraction of sp³-hybridized carbons (Fsp3) is 0.429. The van der Waals surface area contributed by atoms with Crippen molar-refractivity contribution in [2.75, 3.05) is 25.0 Å². The number of benzene rings is 1. The predicted molar refractivity (Wildman–Crippen MR) is 72.2 cm³/mol. The van der Waals surface area contributed by atoms with Gasteiger partial charge in [-0.3, -0.25) is 9.69 Å². The maximum absolute atomic E-state index is 11.8. The molecule has 0 spiro atoms. The van der Waals surface area contributed by atoms with Crippen molar-refractivity contribution >= 4 is 11.6 Å². The van der Waals surface area contributed by atoms with Crippen LogP contribution in [0.1, 0.15) is 18.9 Å². The van der Waals surface area contributed by atoms with Gasteiger partial charge in [-0.2, -0.15) is 5.26 Å². The van der Waals surface area contributed by atoms with E-state index >= 15 is 0 Å². The molecule has 96 valence electrons. The van der Waals surface area contributed by atoms with Gasteiger partial charge in [0, 0.05) is 5.69 Å². The lowest BCUT2D eigenvalue weighted by Crippen LogP contribution is -2.34. The number of hydrogen-bond acceptors (Lipinski definition) is 3. The van der Waals surface area contributed by atoms with E-state index in [0.717, 1.165) is 24.2 Å². The van der Waals surface area contributed by atoms with Crippen molar-refractivity contribution in [3.63, 3.8) is 0 Å². The third kappa shape index (κ3) is 4.98. The zero-order chi connectivity index (χ0) is 13.4. The summed E-state index contributed by atoms with van der Waals surface area (Å²) < 4.78 is 0. The molecule has 1 aromatic rings. The van der Waals surface area contributed by atoms with Crippen LogP contribution < -0.4 is 5.32 Å². The standard InChI is InChI=1S/C14H19N3O/c1-3-8-17(9-7-15)11-14(18)16-13-6-4-5-12(2)10-13/h4-6,10H,3,8-9,11H2,1-2H3,(H,16,18). The maximum Gasteiger partial charge on any atom is 0.238 e. The lowest BCUT2D eigenvalue weighted by Gasteiger charge is -2.17. The number of amides is 1. The molecule has 1 N–H and O–H groups in total. The number of nitrogens with one attached hydrogen (secondary N) is 1. The first-order chi connectivity index (χ1) is 8.65. The summed E-state index contributed by atoms with van der Waals surface area (Å²) in [4.78, 5) is 13.7. The van der Waals surface area contributed by atoms with Gasteiger partial charge >= 0.3 is 0 Å². The van der Waals surface area contributed by atoms with E-state index in [1.165, 1.54) is 0 Å². The van der Waals surface area contributed by atoms with E-state index in [1.54, 1.807) is 0 Å². The molecule has 0 heterocycles. The highest BCUT2D eigenvalue weighted by molar-refractivity contribution is 5.92. The Morgan fingerprint density at radius 3 is 2.89 bits per heavy atom. The molecule has 0 bridgehead atoms. The Balaban J connectivity index is 2.52. The first-order valence-corrected chi connectivity index (χ1v) is 6.11. The summed E-state index contributed by atoms with van der Waals surface area (Å²) >= 11 is 0. The second kappa shape index (κ2) is 7.46. The SMILES string of the molecule is CCCN(CC#N)CC(=O)Nc1cccc(C)c1. The molecule has 0 aromatic heterocycles. The Labute approximate surface area is 108 Å². The Kier molecular flexibility index (Phi) is 5.89. The molecular formula is C14H19N3O. The zero-order valence-electron chi connectivity index (χ0n) is 10.9. The summed E-state index contributed by atoms with van der Waals surface area (Å²) in [6.45, 7) is 5.32. The summed E-state index contributed by atoms with van der Waals surface area (Å²) in [5, 5.41) is 11.5. The Bertz CT molecular complexity index is 437. The van der Waals surface area contributed by atoms with Crippen molar-refractivity contribution in [3.05, 3.63) is 29.8 Å². The van der Waals surface area contributed by atoms with E-state index in [2.05, 4.69) is 11.4 Å². The fourth-order valence-corrected chi connectivity index (χ4v) is 1.76. The van der Waals surface area contributed by atoms with Crippen LogP contribution in [0.5, 0.6) is 0 Å². The van der Waals surface area contributed by atoms with E-state index in [9.17, 15) is 4.79 Å². The second-order valence-corrected chi connectivity index (χ2v) is 4.29. The topological polar surface area (TPSA) is 56.1 Å². The van der Waals surface area contributed by atoms with Crippen LogP contribution in [0.4, 0.5) is 5.69 Å². The summed E-state index contributed by atoms with van der Waals surface area (Å²) in [6.07, 6.45) is 0.930. The first kappa shape index (κ1) is 14.2. The van der Waals surface area contributed by atoms with E-state index in [-0.39, 0.29) is 19.0 Å². The van der Waals surface area contributed by atoms with Crippen molar-refractivity contribution in [2.24, 2.45) is 0 Å². The molecule has 0 unspecified atom stereocenters. The number of nitrogens with zero attached hydrogens (tertiary/aromatic N) is 2. The van der Waals surface area contributed by atoms with Gasteiger partial charge in [-0.1, -0.05) is 19.1 Å². The van der Waals surface area contributed by atoms with Crippen molar-refractivity contribution in [2.45, 2.75) is 20.3 Å². The Morgan fingerprint density at radius 1 is 1.50 bits per heavy atom. The van der Waals surface area contributed by atoms with Crippen LogP contribution in [0.15, 0.2) is 24.3 Å². The van der Waals surface area contributed by atoms with Crippen LogP contribution >= 0.6 is 0 Å². The smallest absolute Gasteiger partial charge is 0.238 e. The molecule has 4 nitrogen and oxygen atoms in total. The van der Waals surface area contributed by atoms with Crippen LogP contribution in [0.25, 0.3) is 0 Å². The van der Waals surface area contributed by atoms with E-state index < -0.39 is 0 Å². The van der Waals surface area contributed by atoms with Gasteiger partial charge in [-0.05, 0) is 37.6 Å². The van der Waals surface area contributed by atoms with Gasteiger partial charge in [0.1, 0.15) is 0 Å². The third-order valence-corrected chi connectivity index (χ3v) is 2.50. The van der Waals surface area contributed by atoms with Gasteiger partial charge in [0.15, 0.2) is 0 Å². The molecule has 0 fully saturated rings. The van der Waals surface area contributed by atoms with Gasteiger partial charge < -0.3 is 5.32 Å². The Morgan fingerprint density at radius 2 is 2.28 bits per heavy atom. The molecule has 0 radical (unpaired) electrons. The van der Waals surface area contributed by atoms with E-state index in [4.69, 9.17) is 5.26 Å². The van der Waals surface area contributed by atoms with Crippen LogP contribution in [0.2, 0.25) is 0 Å². The van der Waals surface area contributed by atoms with E-state index in [1.807, 2.05) is 43.0 Å². The predicted octanol–water partition coefficient (Wildman–Crippen LogP) is 2.17. The van der Waals surface area contributed by atoms with E-state index in [0.29, 0.717) is 0 Å². The zero-order valence-corrected chi connectivity index (χ0v) is 10.9. The minimum absolute atomic E-state index is 0.0794. The molecule has 0 atom stereocenters. The monoisotopic (exact) mass is 245 g/mol. The quantitative estimate of drug-likeness (QED) is 0.781. The van der Waals surface area contributed by atoms with Crippen molar-refractivity contribution < 1.29 is 4.79 Å². The molecule has 18 heavy (non-hydrogen) atoms. The summed E-state index contributed by atoms with van der Waals surface area (Å²) in [7, 11) is 0. The number of rotatable bonds is 6. The fourth-order valence-electron chi connectivity index (χ4n) is 1.76. The average Bonchev–Trinajstić information content (AvgIpc) is 2.29. The van der Waals surface area contributed by atoms with Gasteiger partial charge in [0.2, 0.25) is 5.91 Å². The van der Waals surface area contributed by atoms with Crippen molar-refractivity contribution in [1.29, 1.82) is 5.26 Å². The minimum Gasteiger partial charge on any atom is -0.325 e. The normalized spacial score (nSPS) is 10.1. The van der Waals surface area contributed by atoms with Gasteiger partial charge in [-0.15, -0.1) is 0 Å². The molecule has 4 heteroatoms. The number of carbonyl (C=O) groups is 1. The van der Waals surface area contributed by atoms with Gasteiger partial charge in [-0.25, -0.2) is 0 Å². The molecule has 1 amide bonds. The number of carbonyl (C=O) groups excluding carboxylic acids is 1. The first-order valence-electron chi connectivity index (χ1n) is 6.11. The number of nitriles is 1. The minimum atomic E-state index is -0.0794. The van der Waals surface area contributed by atoms with Gasteiger partial charge in [0.25, 0.3) is 0 Å². The van der Waals surface area contributed by atoms with Crippen molar-refractivity contribution in [3.8, 4) is 6.07 Å². The third-order valence-electron chi connectivity index (χ3n) is 2.50. The largest absolute Gasteiger partial charge is 0.325 e. The molecule has 0 aliphatic carbocycles. The molecule has 0 aliphatic heterocycles. The summed E-state index contributed by atoms with van der Waals surface area (Å²) in [5.41, 5.74) is 1.91. The summed E-state index contributed by atoms with van der Waals surface area (Å²) in [6, 6.07) is 9.75. The lowest BCUT2D eigenvalue weighted by atomic mass is 10.2. The molecule has 1 rings (SSSR count). The highest BCUT2D eigenvalue weighted by atomic mass is 16.2. The van der Waals surface area contributed by atoms with Crippen molar-refractivity contribution in [1.82, 2.24) is 4.90 Å². The maximum atomic E-state index is 11.8. The van der Waals surface area contributed by atoms with Crippen LogP contribution in [0.3, 0.4) is 0 Å². The second-order valence-electron chi connectivity index (χ2n) is 4.29. The average molecular weight is 245 g/mol. The highest BCUT2D eigenvalue weighted by Crippen LogP contribution is 2.09. The van der Waals surface area contributed by atoms with Gasteiger partial charge in [0.05, 0.1) is 19.2 Å². The van der Waals surface area contributed by atoms with Crippen LogP contribution in [0, 0.1) is 18.3 Å². The van der Waals surface area contributed by atoms with Crippen LogP contribution in [-0.2, 0) is 4.79 Å². The molecular weight excluding hydrogens is 226 g/mol. The van der Waals surface area contributed by atoms with Crippen LogP contribution in [-0.4, -0.2) is 30.4 Å². The molecule has 0 saturated carbocycles. The summed E-state index contributed by atoms with van der Waals surface area (Å²) in [5.74, 6) is -0.0794. The molecule has 1 aromatic carbocycles. The Hall–Kier alpha value is -1.86.